The van der Waals surface area contributed by atoms with Gasteiger partial charge in [-0.3, -0.25) is 4.79 Å². The minimum atomic E-state index is 0.354. The van der Waals surface area contributed by atoms with E-state index in [0.29, 0.717) is 30.9 Å². The van der Waals surface area contributed by atoms with Crippen molar-refractivity contribution in [1.82, 2.24) is 4.98 Å². The third-order valence-electron chi connectivity index (χ3n) is 1.89. The molecular formula is C11H15NO3. The number of pyridine rings is 1. The SMILES string of the molecule is COCCCOc1ccc(C)nc1C=O. The highest BCUT2D eigenvalue weighted by Gasteiger charge is 2.04. The highest BCUT2D eigenvalue weighted by Crippen LogP contribution is 2.14. The van der Waals surface area contributed by atoms with Crippen molar-refractivity contribution in [2.75, 3.05) is 20.3 Å². The third-order valence-corrected chi connectivity index (χ3v) is 1.89. The van der Waals surface area contributed by atoms with Gasteiger partial charge in [-0.15, -0.1) is 0 Å². The summed E-state index contributed by atoms with van der Waals surface area (Å²) in [4.78, 5) is 14.8. The monoisotopic (exact) mass is 209 g/mol. The number of carbonyl (C=O) groups excluding carboxylic acids is 1. The van der Waals surface area contributed by atoms with Gasteiger partial charge in [0.25, 0.3) is 0 Å². The molecule has 0 bridgehead atoms. The molecule has 0 unspecified atom stereocenters. The summed E-state index contributed by atoms with van der Waals surface area (Å²) in [5.41, 5.74) is 1.16. The fraction of sp³-hybridized carbons (Fsp3) is 0.455. The van der Waals surface area contributed by atoms with E-state index in [4.69, 9.17) is 9.47 Å². The molecule has 0 amide bonds. The Bertz CT molecular complexity index is 326. The van der Waals surface area contributed by atoms with Crippen LogP contribution in [0.5, 0.6) is 5.75 Å². The summed E-state index contributed by atoms with van der Waals surface area (Å²) in [5.74, 6) is 0.534. The normalized spacial score (nSPS) is 10.0. The number of methoxy groups -OCH3 is 1. The Labute approximate surface area is 89.2 Å². The van der Waals surface area contributed by atoms with Crippen LogP contribution >= 0.6 is 0 Å². The van der Waals surface area contributed by atoms with Crippen molar-refractivity contribution in [3.8, 4) is 5.75 Å². The van der Waals surface area contributed by atoms with Gasteiger partial charge in [-0.25, -0.2) is 4.98 Å². The number of rotatable bonds is 6. The van der Waals surface area contributed by atoms with Crippen LogP contribution in [0.2, 0.25) is 0 Å². The quantitative estimate of drug-likeness (QED) is 0.527. The molecule has 0 saturated carbocycles. The van der Waals surface area contributed by atoms with Crippen LogP contribution in [0.25, 0.3) is 0 Å². The lowest BCUT2D eigenvalue weighted by molar-refractivity contribution is 0.111. The van der Waals surface area contributed by atoms with Crippen molar-refractivity contribution < 1.29 is 14.3 Å². The maximum atomic E-state index is 10.7. The van der Waals surface area contributed by atoms with Crippen LogP contribution in [0.4, 0.5) is 0 Å². The van der Waals surface area contributed by atoms with E-state index >= 15 is 0 Å². The molecule has 1 rings (SSSR count). The Morgan fingerprint density at radius 1 is 1.40 bits per heavy atom. The summed E-state index contributed by atoms with van der Waals surface area (Å²) in [6, 6.07) is 3.58. The second-order valence-corrected chi connectivity index (χ2v) is 3.15. The molecule has 0 fully saturated rings. The predicted octanol–water partition coefficient (Wildman–Crippen LogP) is 1.62. The predicted molar refractivity (Wildman–Crippen MR) is 56.3 cm³/mol. The molecule has 0 atom stereocenters. The number of aryl methyl sites for hydroxylation is 1. The first-order valence-corrected chi connectivity index (χ1v) is 4.82. The zero-order valence-electron chi connectivity index (χ0n) is 9.03. The number of hydrogen-bond donors (Lipinski definition) is 0. The summed E-state index contributed by atoms with van der Waals surface area (Å²) in [5, 5.41) is 0. The molecule has 0 spiro atoms. The van der Waals surface area contributed by atoms with Gasteiger partial charge in [-0.2, -0.15) is 0 Å². The molecule has 0 aromatic carbocycles. The van der Waals surface area contributed by atoms with Crippen molar-refractivity contribution in [1.29, 1.82) is 0 Å². The topological polar surface area (TPSA) is 48.4 Å². The standard InChI is InChI=1S/C11H15NO3/c1-9-4-5-11(10(8-13)12-9)15-7-3-6-14-2/h4-5,8H,3,6-7H2,1-2H3. The Morgan fingerprint density at radius 2 is 2.20 bits per heavy atom. The van der Waals surface area contributed by atoms with Crippen LogP contribution in [0, 0.1) is 6.92 Å². The molecule has 1 heterocycles. The van der Waals surface area contributed by atoms with E-state index in [-0.39, 0.29) is 0 Å². The summed E-state index contributed by atoms with van der Waals surface area (Å²) < 4.78 is 10.3. The average molecular weight is 209 g/mol. The van der Waals surface area contributed by atoms with E-state index in [1.54, 1.807) is 13.2 Å². The van der Waals surface area contributed by atoms with Gasteiger partial charge in [-0.05, 0) is 19.1 Å². The number of aldehydes is 1. The lowest BCUT2D eigenvalue weighted by Gasteiger charge is -2.07. The van der Waals surface area contributed by atoms with Gasteiger partial charge in [-0.1, -0.05) is 0 Å². The number of ether oxygens (including phenoxy) is 2. The van der Waals surface area contributed by atoms with Crippen LogP contribution in [0.3, 0.4) is 0 Å². The lowest BCUT2D eigenvalue weighted by atomic mass is 10.3. The number of aromatic nitrogens is 1. The molecule has 15 heavy (non-hydrogen) atoms. The van der Waals surface area contributed by atoms with Gasteiger partial charge in [0.15, 0.2) is 6.29 Å². The molecule has 4 heteroatoms. The molecule has 0 aliphatic rings. The van der Waals surface area contributed by atoms with Crippen LogP contribution in [-0.4, -0.2) is 31.6 Å². The second kappa shape index (κ2) is 6.14. The minimum absolute atomic E-state index is 0.354. The van der Waals surface area contributed by atoms with E-state index in [0.717, 1.165) is 12.1 Å². The fourth-order valence-electron chi connectivity index (χ4n) is 1.16. The first-order valence-electron chi connectivity index (χ1n) is 4.82. The largest absolute Gasteiger partial charge is 0.491 e. The fourth-order valence-corrected chi connectivity index (χ4v) is 1.16. The first-order chi connectivity index (χ1) is 7.27. The van der Waals surface area contributed by atoms with Gasteiger partial charge in [0, 0.05) is 25.8 Å². The van der Waals surface area contributed by atoms with Crippen molar-refractivity contribution in [3.05, 3.63) is 23.5 Å². The van der Waals surface area contributed by atoms with E-state index in [9.17, 15) is 4.79 Å². The molecule has 0 N–H and O–H groups in total. The van der Waals surface area contributed by atoms with Crippen molar-refractivity contribution in [2.24, 2.45) is 0 Å². The first kappa shape index (κ1) is 11.7. The van der Waals surface area contributed by atoms with E-state index in [1.165, 1.54) is 0 Å². The zero-order valence-corrected chi connectivity index (χ0v) is 9.03. The van der Waals surface area contributed by atoms with Crippen LogP contribution in [0.15, 0.2) is 12.1 Å². The van der Waals surface area contributed by atoms with E-state index in [1.807, 2.05) is 13.0 Å². The highest BCUT2D eigenvalue weighted by atomic mass is 16.5. The average Bonchev–Trinajstić information content (AvgIpc) is 2.26. The van der Waals surface area contributed by atoms with Gasteiger partial charge in [0.1, 0.15) is 11.4 Å². The minimum Gasteiger partial charge on any atom is -0.491 e. The van der Waals surface area contributed by atoms with Crippen LogP contribution in [-0.2, 0) is 4.74 Å². The van der Waals surface area contributed by atoms with Crippen LogP contribution in [0.1, 0.15) is 22.6 Å². The summed E-state index contributed by atoms with van der Waals surface area (Å²) in [6.07, 6.45) is 1.50. The zero-order chi connectivity index (χ0) is 11.1. The molecule has 0 radical (unpaired) electrons. The molecule has 1 aromatic heterocycles. The van der Waals surface area contributed by atoms with Gasteiger partial charge < -0.3 is 9.47 Å². The molecule has 0 aliphatic heterocycles. The van der Waals surface area contributed by atoms with Gasteiger partial charge >= 0.3 is 0 Å². The Balaban J connectivity index is 2.56. The smallest absolute Gasteiger partial charge is 0.172 e. The number of carbonyl (C=O) groups is 1. The van der Waals surface area contributed by atoms with Gasteiger partial charge in [0.05, 0.1) is 6.61 Å². The molecular weight excluding hydrogens is 194 g/mol. The van der Waals surface area contributed by atoms with Crippen molar-refractivity contribution >= 4 is 6.29 Å². The summed E-state index contributed by atoms with van der Waals surface area (Å²) >= 11 is 0. The molecule has 0 aliphatic carbocycles. The molecule has 82 valence electrons. The summed E-state index contributed by atoms with van der Waals surface area (Å²) in [6.45, 7) is 3.01. The van der Waals surface area contributed by atoms with E-state index in [2.05, 4.69) is 4.98 Å². The van der Waals surface area contributed by atoms with E-state index < -0.39 is 0 Å². The number of hydrogen-bond acceptors (Lipinski definition) is 4. The molecule has 4 nitrogen and oxygen atoms in total. The Morgan fingerprint density at radius 3 is 2.87 bits per heavy atom. The molecule has 0 saturated heterocycles. The van der Waals surface area contributed by atoms with Gasteiger partial charge in [0.2, 0.25) is 0 Å². The third kappa shape index (κ3) is 3.67. The highest BCUT2D eigenvalue weighted by molar-refractivity contribution is 5.76. The maximum Gasteiger partial charge on any atom is 0.172 e. The van der Waals surface area contributed by atoms with Crippen LogP contribution < -0.4 is 4.74 Å². The Hall–Kier alpha value is -1.42. The second-order valence-electron chi connectivity index (χ2n) is 3.15. The lowest BCUT2D eigenvalue weighted by Crippen LogP contribution is -2.04. The van der Waals surface area contributed by atoms with Crippen molar-refractivity contribution in [2.45, 2.75) is 13.3 Å². The Kier molecular flexibility index (Phi) is 4.77. The summed E-state index contributed by atoms with van der Waals surface area (Å²) in [7, 11) is 1.64. The number of nitrogens with zero attached hydrogens (tertiary/aromatic N) is 1. The maximum absolute atomic E-state index is 10.7. The van der Waals surface area contributed by atoms with Crippen molar-refractivity contribution in [3.63, 3.8) is 0 Å². The molecule has 1 aromatic rings.